The number of aliphatic hydroxyl groups excluding tert-OH is 3. The van der Waals surface area contributed by atoms with Gasteiger partial charge in [0.25, 0.3) is 0 Å². The lowest BCUT2D eigenvalue weighted by atomic mass is 10.5. The summed E-state index contributed by atoms with van der Waals surface area (Å²) in [4.78, 5) is 23.5. The highest BCUT2D eigenvalue weighted by atomic mass is 16.5. The first-order chi connectivity index (χ1) is 8.08. The Morgan fingerprint density at radius 1 is 1.00 bits per heavy atom. The summed E-state index contributed by atoms with van der Waals surface area (Å²) in [6.45, 7) is -1.95. The molecule has 0 spiro atoms. The van der Waals surface area contributed by atoms with Gasteiger partial charge in [0, 0.05) is 6.54 Å². The highest BCUT2D eigenvalue weighted by Crippen LogP contribution is 1.97. The summed E-state index contributed by atoms with van der Waals surface area (Å²) in [5.74, 6) is 0. The van der Waals surface area contributed by atoms with Crippen LogP contribution in [0, 0.1) is 0 Å². The number of aliphatic hydroxyl groups is 3. The summed E-state index contributed by atoms with van der Waals surface area (Å²) in [5, 5.41) is 37.2. The van der Waals surface area contributed by atoms with Gasteiger partial charge in [-0.05, 0) is 0 Å². The van der Waals surface area contributed by atoms with Gasteiger partial charge in [-0.15, -0.1) is 0 Å². The molecule has 0 aliphatic heterocycles. The molecule has 0 unspecified atom stereocenters. The molecule has 9 nitrogen and oxygen atoms in total. The fraction of sp³-hybridized carbons (Fsp3) is 0.750. The zero-order valence-electron chi connectivity index (χ0n) is 9.24. The van der Waals surface area contributed by atoms with Crippen molar-refractivity contribution in [3.8, 4) is 0 Å². The fourth-order valence-electron chi connectivity index (χ4n) is 0.972. The lowest BCUT2D eigenvalue weighted by Gasteiger charge is -2.24. The van der Waals surface area contributed by atoms with Crippen molar-refractivity contribution < 1.29 is 30.1 Å². The van der Waals surface area contributed by atoms with Crippen LogP contribution in [0.1, 0.15) is 0 Å². The molecule has 0 heterocycles. The predicted octanol–water partition coefficient (Wildman–Crippen LogP) is -2.21. The fourth-order valence-corrected chi connectivity index (χ4v) is 0.972. The van der Waals surface area contributed by atoms with Crippen LogP contribution in [0.2, 0.25) is 0 Å². The van der Waals surface area contributed by atoms with E-state index in [4.69, 9.17) is 20.5 Å². The number of amides is 4. The zero-order valence-corrected chi connectivity index (χ0v) is 9.24. The molecule has 9 heteroatoms. The first kappa shape index (κ1) is 15.6. The molecule has 0 fully saturated rings. The molecule has 5 N–H and O–H groups in total. The van der Waals surface area contributed by atoms with Crippen LogP contribution in [0.4, 0.5) is 9.59 Å². The number of imide groups is 1. The zero-order chi connectivity index (χ0) is 13.3. The maximum Gasteiger partial charge on any atom is 0.352 e. The molecule has 0 aliphatic carbocycles. The number of carbonyl (C=O) groups excluding carboxylic acids is 2. The van der Waals surface area contributed by atoms with Gasteiger partial charge in [0.15, 0.2) is 0 Å². The van der Waals surface area contributed by atoms with Gasteiger partial charge in [-0.25, -0.2) is 19.6 Å². The highest BCUT2D eigenvalue weighted by molar-refractivity contribution is 5.93. The third kappa shape index (κ3) is 5.45. The minimum absolute atomic E-state index is 0.0561. The maximum atomic E-state index is 11.5. The second kappa shape index (κ2) is 8.70. The Bertz CT molecular complexity index is 249. The summed E-state index contributed by atoms with van der Waals surface area (Å²) in [5.41, 5.74) is 0. The molecule has 0 aromatic heterocycles. The van der Waals surface area contributed by atoms with E-state index in [1.807, 2.05) is 0 Å². The third-order valence-corrected chi connectivity index (χ3v) is 1.72. The lowest BCUT2D eigenvalue weighted by Crippen LogP contribution is -2.51. The highest BCUT2D eigenvalue weighted by Gasteiger charge is 2.24. The van der Waals surface area contributed by atoms with Crippen molar-refractivity contribution in [1.82, 2.24) is 15.3 Å². The smallest absolute Gasteiger partial charge is 0.352 e. The van der Waals surface area contributed by atoms with Crippen molar-refractivity contribution in [2.24, 2.45) is 0 Å². The summed E-state index contributed by atoms with van der Waals surface area (Å²) >= 11 is 0. The second-order valence-corrected chi connectivity index (χ2v) is 2.96. The van der Waals surface area contributed by atoms with Crippen LogP contribution in [0.3, 0.4) is 0 Å². The van der Waals surface area contributed by atoms with Crippen molar-refractivity contribution in [3.05, 3.63) is 0 Å². The Kier molecular flexibility index (Phi) is 7.97. The summed E-state index contributed by atoms with van der Waals surface area (Å²) in [6, 6.07) is -1.92. The van der Waals surface area contributed by atoms with E-state index in [9.17, 15) is 9.59 Å². The van der Waals surface area contributed by atoms with Gasteiger partial charge in [-0.1, -0.05) is 0 Å². The summed E-state index contributed by atoms with van der Waals surface area (Å²) in [7, 11) is 0. The first-order valence-electron chi connectivity index (χ1n) is 4.96. The Labute approximate surface area is 97.8 Å². The van der Waals surface area contributed by atoms with E-state index in [0.29, 0.717) is 4.90 Å². The maximum absolute atomic E-state index is 11.5. The number of nitrogens with zero attached hydrogens (tertiary/aromatic N) is 2. The van der Waals surface area contributed by atoms with Crippen LogP contribution < -0.4 is 5.32 Å². The molecule has 0 radical (unpaired) electrons. The molecule has 0 aromatic carbocycles. The van der Waals surface area contributed by atoms with Gasteiger partial charge < -0.3 is 20.6 Å². The van der Waals surface area contributed by atoms with Gasteiger partial charge in [0.05, 0.1) is 32.9 Å². The number of hydroxylamine groups is 2. The van der Waals surface area contributed by atoms with Crippen LogP contribution in [-0.2, 0) is 0 Å². The van der Waals surface area contributed by atoms with Crippen LogP contribution >= 0.6 is 0 Å². The molecule has 17 heavy (non-hydrogen) atoms. The molecule has 0 saturated heterocycles. The van der Waals surface area contributed by atoms with E-state index in [2.05, 4.69) is 5.32 Å². The van der Waals surface area contributed by atoms with E-state index in [0.717, 1.165) is 0 Å². The molecule has 0 bridgehead atoms. The monoisotopic (exact) mass is 251 g/mol. The molecule has 100 valence electrons. The van der Waals surface area contributed by atoms with Crippen LogP contribution in [0.25, 0.3) is 0 Å². The molecule has 0 aliphatic rings. The molecule has 4 amide bonds. The van der Waals surface area contributed by atoms with E-state index in [1.165, 1.54) is 0 Å². The Morgan fingerprint density at radius 2 is 1.59 bits per heavy atom. The average Bonchev–Trinajstić information content (AvgIpc) is 2.32. The second-order valence-electron chi connectivity index (χ2n) is 2.96. The van der Waals surface area contributed by atoms with Crippen molar-refractivity contribution in [3.63, 3.8) is 0 Å². The Hall–Kier alpha value is -1.42. The van der Waals surface area contributed by atoms with E-state index in [1.54, 1.807) is 0 Å². The SMILES string of the molecule is O=C(NCCO)N(CCO)C(=O)N(O)CCO. The number of hydrogen-bond acceptors (Lipinski definition) is 6. The van der Waals surface area contributed by atoms with Gasteiger partial charge in [-0.3, -0.25) is 5.21 Å². The Balaban J connectivity index is 4.48. The van der Waals surface area contributed by atoms with Crippen LogP contribution in [-0.4, -0.2) is 82.0 Å². The molecule has 0 atom stereocenters. The van der Waals surface area contributed by atoms with Crippen molar-refractivity contribution in [1.29, 1.82) is 0 Å². The van der Waals surface area contributed by atoms with Crippen molar-refractivity contribution in [2.45, 2.75) is 0 Å². The van der Waals surface area contributed by atoms with E-state index in [-0.39, 0.29) is 31.3 Å². The van der Waals surface area contributed by atoms with Crippen LogP contribution in [0.5, 0.6) is 0 Å². The predicted molar refractivity (Wildman–Crippen MR) is 55.3 cm³/mol. The van der Waals surface area contributed by atoms with Crippen molar-refractivity contribution >= 4 is 12.1 Å². The first-order valence-corrected chi connectivity index (χ1v) is 4.96. The lowest BCUT2D eigenvalue weighted by molar-refractivity contribution is -0.0617. The molecule has 0 saturated carbocycles. The average molecular weight is 251 g/mol. The van der Waals surface area contributed by atoms with E-state index >= 15 is 0 Å². The van der Waals surface area contributed by atoms with Gasteiger partial charge in [0.1, 0.15) is 0 Å². The van der Waals surface area contributed by atoms with Crippen molar-refractivity contribution in [2.75, 3.05) is 39.5 Å². The number of carbonyl (C=O) groups is 2. The molecular weight excluding hydrogens is 234 g/mol. The topological polar surface area (TPSA) is 134 Å². The Morgan fingerprint density at radius 3 is 2.06 bits per heavy atom. The summed E-state index contributed by atoms with van der Waals surface area (Å²) in [6.07, 6.45) is 0. The van der Waals surface area contributed by atoms with Crippen LogP contribution in [0.15, 0.2) is 0 Å². The third-order valence-electron chi connectivity index (χ3n) is 1.72. The quantitative estimate of drug-likeness (QED) is 0.268. The largest absolute Gasteiger partial charge is 0.395 e. The normalized spacial score (nSPS) is 9.88. The van der Waals surface area contributed by atoms with Gasteiger partial charge in [-0.2, -0.15) is 0 Å². The standard InChI is InChI=1S/C8H17N3O6/c12-4-1-9-7(15)10(2-5-13)8(16)11(17)3-6-14/h12-14,17H,1-6H2,(H,9,15). The van der Waals surface area contributed by atoms with Gasteiger partial charge in [0.2, 0.25) is 0 Å². The number of rotatable bonds is 6. The van der Waals surface area contributed by atoms with E-state index < -0.39 is 25.3 Å². The minimum atomic E-state index is -1.07. The number of urea groups is 2. The molecule has 0 aromatic rings. The number of hydrogen-bond donors (Lipinski definition) is 5. The number of nitrogens with one attached hydrogen (secondary N) is 1. The minimum Gasteiger partial charge on any atom is -0.395 e. The summed E-state index contributed by atoms with van der Waals surface area (Å²) < 4.78 is 0. The van der Waals surface area contributed by atoms with Gasteiger partial charge >= 0.3 is 12.1 Å². The molecule has 0 rings (SSSR count). The molecular formula is C8H17N3O6.